The zero-order valence-electron chi connectivity index (χ0n) is 11.2. The Morgan fingerprint density at radius 1 is 0.955 bits per heavy atom. The van der Waals surface area contributed by atoms with Crippen molar-refractivity contribution in [3.8, 4) is 5.75 Å². The van der Waals surface area contributed by atoms with E-state index >= 15 is 0 Å². The second kappa shape index (κ2) is 5.52. The summed E-state index contributed by atoms with van der Waals surface area (Å²) in [4.78, 5) is 23.7. The van der Waals surface area contributed by atoms with Crippen LogP contribution in [0.4, 0.5) is 5.69 Å². The SMILES string of the molecule is O=C(Nc1cccc2c(O)cccc12)C(=O)Nn1cnnc1. The summed E-state index contributed by atoms with van der Waals surface area (Å²) in [5, 5.41) is 20.5. The zero-order chi connectivity index (χ0) is 15.5. The number of rotatable bonds is 2. The molecule has 0 fully saturated rings. The number of carbonyl (C=O) groups is 2. The molecule has 1 aromatic heterocycles. The lowest BCUT2D eigenvalue weighted by Gasteiger charge is -2.09. The van der Waals surface area contributed by atoms with Crippen LogP contribution in [0.15, 0.2) is 49.1 Å². The van der Waals surface area contributed by atoms with Gasteiger partial charge in [0.05, 0.1) is 0 Å². The number of fused-ring (bicyclic) bond motifs is 1. The largest absolute Gasteiger partial charge is 0.507 e. The Morgan fingerprint density at radius 3 is 2.41 bits per heavy atom. The minimum Gasteiger partial charge on any atom is -0.507 e. The fraction of sp³-hybridized carbons (Fsp3) is 0. The van der Waals surface area contributed by atoms with E-state index in [1.54, 1.807) is 36.4 Å². The van der Waals surface area contributed by atoms with Gasteiger partial charge in [0.15, 0.2) is 0 Å². The molecule has 0 radical (unpaired) electrons. The van der Waals surface area contributed by atoms with Crippen LogP contribution in [0.25, 0.3) is 10.8 Å². The smallest absolute Gasteiger partial charge is 0.328 e. The van der Waals surface area contributed by atoms with Gasteiger partial charge in [0.1, 0.15) is 18.4 Å². The van der Waals surface area contributed by atoms with Crippen molar-refractivity contribution in [1.29, 1.82) is 0 Å². The first-order valence-corrected chi connectivity index (χ1v) is 6.33. The number of anilines is 1. The van der Waals surface area contributed by atoms with Gasteiger partial charge >= 0.3 is 11.8 Å². The summed E-state index contributed by atoms with van der Waals surface area (Å²) in [5.41, 5.74) is 2.72. The number of hydrogen-bond acceptors (Lipinski definition) is 5. The van der Waals surface area contributed by atoms with Crippen LogP contribution in [0, 0.1) is 0 Å². The zero-order valence-corrected chi connectivity index (χ0v) is 11.2. The molecule has 0 saturated carbocycles. The summed E-state index contributed by atoms with van der Waals surface area (Å²) in [6, 6.07) is 9.98. The maximum atomic E-state index is 11.9. The molecule has 2 aromatic carbocycles. The molecule has 3 rings (SSSR count). The topological polar surface area (TPSA) is 109 Å². The number of phenols is 1. The van der Waals surface area contributed by atoms with Crippen molar-refractivity contribution in [2.24, 2.45) is 0 Å². The molecule has 110 valence electrons. The van der Waals surface area contributed by atoms with Gasteiger partial charge in [-0.3, -0.25) is 15.0 Å². The molecule has 8 nitrogen and oxygen atoms in total. The number of nitrogens with zero attached hydrogens (tertiary/aromatic N) is 3. The fourth-order valence-electron chi connectivity index (χ4n) is 2.01. The van der Waals surface area contributed by atoms with Gasteiger partial charge in [0.2, 0.25) is 0 Å². The highest BCUT2D eigenvalue weighted by atomic mass is 16.3. The highest BCUT2D eigenvalue weighted by Crippen LogP contribution is 2.29. The summed E-state index contributed by atoms with van der Waals surface area (Å²) in [7, 11) is 0. The summed E-state index contributed by atoms with van der Waals surface area (Å²) in [6.07, 6.45) is 2.50. The molecule has 0 spiro atoms. The number of hydrogen-bond donors (Lipinski definition) is 3. The van der Waals surface area contributed by atoms with Crippen molar-refractivity contribution in [2.75, 3.05) is 10.7 Å². The summed E-state index contributed by atoms with van der Waals surface area (Å²) in [5.74, 6) is -1.61. The van der Waals surface area contributed by atoms with Gasteiger partial charge in [-0.1, -0.05) is 24.3 Å². The molecule has 0 saturated heterocycles. The average molecular weight is 297 g/mol. The van der Waals surface area contributed by atoms with Crippen LogP contribution in [0.2, 0.25) is 0 Å². The van der Waals surface area contributed by atoms with E-state index in [9.17, 15) is 14.7 Å². The van der Waals surface area contributed by atoms with E-state index in [2.05, 4.69) is 20.9 Å². The number of aromatic nitrogens is 3. The third-order valence-corrected chi connectivity index (χ3v) is 3.00. The first kappa shape index (κ1) is 13.6. The maximum Gasteiger partial charge on any atom is 0.328 e. The number of aromatic hydroxyl groups is 1. The van der Waals surface area contributed by atoms with Crippen molar-refractivity contribution in [3.63, 3.8) is 0 Å². The van der Waals surface area contributed by atoms with E-state index in [-0.39, 0.29) is 5.75 Å². The molecule has 0 aliphatic heterocycles. The van der Waals surface area contributed by atoms with Crippen LogP contribution in [0.1, 0.15) is 0 Å². The molecule has 3 aromatic rings. The van der Waals surface area contributed by atoms with E-state index in [4.69, 9.17) is 0 Å². The number of benzene rings is 2. The third-order valence-electron chi connectivity index (χ3n) is 3.00. The molecule has 0 aliphatic rings. The van der Waals surface area contributed by atoms with Crippen LogP contribution in [-0.2, 0) is 9.59 Å². The minimum atomic E-state index is -0.864. The molecule has 0 bridgehead atoms. The Morgan fingerprint density at radius 2 is 1.64 bits per heavy atom. The second-order valence-corrected chi connectivity index (χ2v) is 4.44. The minimum absolute atomic E-state index is 0.0996. The molecule has 0 unspecified atom stereocenters. The van der Waals surface area contributed by atoms with Crippen molar-refractivity contribution in [3.05, 3.63) is 49.1 Å². The van der Waals surface area contributed by atoms with Crippen molar-refractivity contribution >= 4 is 28.3 Å². The Bertz CT molecular complexity index is 845. The van der Waals surface area contributed by atoms with Crippen LogP contribution in [0.5, 0.6) is 5.75 Å². The van der Waals surface area contributed by atoms with E-state index in [1.807, 2.05) is 0 Å². The third kappa shape index (κ3) is 2.57. The molecule has 22 heavy (non-hydrogen) atoms. The molecule has 0 atom stereocenters. The maximum absolute atomic E-state index is 11.9. The summed E-state index contributed by atoms with van der Waals surface area (Å²) < 4.78 is 1.16. The first-order chi connectivity index (χ1) is 10.6. The van der Waals surface area contributed by atoms with Crippen molar-refractivity contribution in [1.82, 2.24) is 14.9 Å². The fourth-order valence-corrected chi connectivity index (χ4v) is 2.01. The Kier molecular flexibility index (Phi) is 3.40. The highest BCUT2D eigenvalue weighted by molar-refractivity contribution is 6.42. The van der Waals surface area contributed by atoms with Gasteiger partial charge in [-0.05, 0) is 12.1 Å². The molecule has 8 heteroatoms. The van der Waals surface area contributed by atoms with Gasteiger partial charge in [-0.15, -0.1) is 10.2 Å². The number of amides is 2. The predicted octanol–water partition coefficient (Wildman–Crippen LogP) is 0.846. The second-order valence-electron chi connectivity index (χ2n) is 4.44. The van der Waals surface area contributed by atoms with Gasteiger partial charge < -0.3 is 10.4 Å². The predicted molar refractivity (Wildman–Crippen MR) is 78.6 cm³/mol. The lowest BCUT2D eigenvalue weighted by atomic mass is 10.1. The Labute approximate surface area is 124 Å². The Balaban J connectivity index is 1.82. The molecule has 1 heterocycles. The molecule has 3 N–H and O–H groups in total. The summed E-state index contributed by atoms with van der Waals surface area (Å²) >= 11 is 0. The van der Waals surface area contributed by atoms with E-state index in [1.165, 1.54) is 12.7 Å². The summed E-state index contributed by atoms with van der Waals surface area (Å²) in [6.45, 7) is 0. The van der Waals surface area contributed by atoms with Gasteiger partial charge in [-0.2, -0.15) is 0 Å². The van der Waals surface area contributed by atoms with E-state index in [0.717, 1.165) is 4.68 Å². The molecular formula is C14H11N5O3. The van der Waals surface area contributed by atoms with Gasteiger partial charge in [-0.25, -0.2) is 4.68 Å². The van der Waals surface area contributed by atoms with E-state index in [0.29, 0.717) is 16.5 Å². The molecule has 0 aliphatic carbocycles. The quantitative estimate of drug-likeness (QED) is 0.607. The normalized spacial score (nSPS) is 10.4. The lowest BCUT2D eigenvalue weighted by molar-refractivity contribution is -0.133. The Hall–Kier alpha value is -3.42. The first-order valence-electron chi connectivity index (χ1n) is 6.33. The number of nitrogens with one attached hydrogen (secondary N) is 2. The number of carbonyl (C=O) groups excluding carboxylic acids is 2. The van der Waals surface area contributed by atoms with Crippen LogP contribution < -0.4 is 10.7 Å². The molecular weight excluding hydrogens is 286 g/mol. The monoisotopic (exact) mass is 297 g/mol. The van der Waals surface area contributed by atoms with Crippen molar-refractivity contribution in [2.45, 2.75) is 0 Å². The van der Waals surface area contributed by atoms with Gasteiger partial charge in [0.25, 0.3) is 0 Å². The van der Waals surface area contributed by atoms with Crippen molar-refractivity contribution < 1.29 is 14.7 Å². The standard InChI is InChI=1S/C14H11N5O3/c20-12-6-2-3-9-10(12)4-1-5-11(9)17-13(21)14(22)18-19-7-15-16-8-19/h1-8,20H,(H,17,21)(H,18,22). The molecule has 2 amide bonds. The average Bonchev–Trinajstić information content (AvgIpc) is 3.01. The number of phenolic OH excluding ortho intramolecular Hbond substituents is 1. The van der Waals surface area contributed by atoms with Crippen LogP contribution >= 0.6 is 0 Å². The lowest BCUT2D eigenvalue weighted by Crippen LogP contribution is -2.33. The van der Waals surface area contributed by atoms with Gasteiger partial charge in [0, 0.05) is 16.5 Å². The van der Waals surface area contributed by atoms with Crippen LogP contribution in [0.3, 0.4) is 0 Å². The van der Waals surface area contributed by atoms with Crippen LogP contribution in [-0.4, -0.2) is 31.8 Å². The van der Waals surface area contributed by atoms with E-state index < -0.39 is 11.8 Å². The highest BCUT2D eigenvalue weighted by Gasteiger charge is 2.15.